The average molecular weight is 219 g/mol. The molecule has 0 heterocycles. The van der Waals surface area contributed by atoms with Crippen LogP contribution in [0.25, 0.3) is 0 Å². The molecule has 0 aliphatic rings. The van der Waals surface area contributed by atoms with Crippen molar-refractivity contribution in [3.8, 4) is 5.75 Å². The molecule has 0 unspecified atom stereocenters. The van der Waals surface area contributed by atoms with E-state index >= 15 is 0 Å². The lowest BCUT2D eigenvalue weighted by atomic mass is 10.0. The number of rotatable bonds is 3. The van der Waals surface area contributed by atoms with Gasteiger partial charge in [0.15, 0.2) is 0 Å². The van der Waals surface area contributed by atoms with Gasteiger partial charge in [-0.25, -0.2) is 0 Å². The summed E-state index contributed by atoms with van der Waals surface area (Å²) in [6.45, 7) is 6.07. The number of carbonyl (C=O) groups is 1. The molecule has 3 heteroatoms. The third-order valence-electron chi connectivity index (χ3n) is 2.57. The summed E-state index contributed by atoms with van der Waals surface area (Å²) in [5.74, 6) is 0.323. The molecule has 3 nitrogen and oxygen atoms in total. The van der Waals surface area contributed by atoms with Gasteiger partial charge in [0.25, 0.3) is 0 Å². The van der Waals surface area contributed by atoms with Crippen LogP contribution in [0.1, 0.15) is 23.1 Å². The van der Waals surface area contributed by atoms with Crippen LogP contribution in [0.15, 0.2) is 17.1 Å². The highest BCUT2D eigenvalue weighted by molar-refractivity contribution is 5.87. The molecule has 16 heavy (non-hydrogen) atoms. The zero-order chi connectivity index (χ0) is 12.1. The Balaban J connectivity index is 2.78. The minimum atomic E-state index is -0.284. The van der Waals surface area contributed by atoms with Gasteiger partial charge in [0, 0.05) is 13.3 Å². The van der Waals surface area contributed by atoms with Crippen LogP contribution in [0, 0.1) is 20.8 Å². The third-order valence-corrected chi connectivity index (χ3v) is 2.57. The van der Waals surface area contributed by atoms with Crippen molar-refractivity contribution >= 4 is 12.2 Å². The normalized spacial score (nSPS) is 10.8. The van der Waals surface area contributed by atoms with E-state index in [2.05, 4.69) is 11.9 Å². The van der Waals surface area contributed by atoms with Crippen molar-refractivity contribution in [1.29, 1.82) is 0 Å². The second kappa shape index (κ2) is 5.45. The molecule has 86 valence electrons. The first-order chi connectivity index (χ1) is 7.54. The van der Waals surface area contributed by atoms with E-state index in [1.807, 2.05) is 26.0 Å². The van der Waals surface area contributed by atoms with Crippen molar-refractivity contribution in [3.05, 3.63) is 28.8 Å². The number of nitrogens with zero attached hydrogens (tertiary/aromatic N) is 1. The van der Waals surface area contributed by atoms with E-state index in [-0.39, 0.29) is 12.4 Å². The molecule has 0 saturated heterocycles. The number of esters is 1. The molecule has 1 rings (SSSR count). The molecule has 0 spiro atoms. The zero-order valence-corrected chi connectivity index (χ0v) is 10.2. The fourth-order valence-corrected chi connectivity index (χ4v) is 1.39. The topological polar surface area (TPSA) is 38.7 Å². The Labute approximate surface area is 96.2 Å². The lowest BCUT2D eigenvalue weighted by Gasteiger charge is -2.08. The summed E-state index contributed by atoms with van der Waals surface area (Å²) in [5, 5.41) is 0. The van der Waals surface area contributed by atoms with Gasteiger partial charge in [0.05, 0.1) is 6.42 Å². The van der Waals surface area contributed by atoms with Crippen molar-refractivity contribution in [3.63, 3.8) is 0 Å². The monoisotopic (exact) mass is 219 g/mol. The molecule has 0 saturated carbocycles. The number of hydrogen-bond acceptors (Lipinski definition) is 3. The Morgan fingerprint density at radius 3 is 2.38 bits per heavy atom. The second-order valence-electron chi connectivity index (χ2n) is 3.80. The smallest absolute Gasteiger partial charge is 0.316 e. The van der Waals surface area contributed by atoms with Gasteiger partial charge in [-0.05, 0) is 49.6 Å². The second-order valence-corrected chi connectivity index (χ2v) is 3.80. The summed E-state index contributed by atoms with van der Waals surface area (Å²) in [6.07, 6.45) is 1.75. The number of hydrogen-bond donors (Lipinski definition) is 0. The summed E-state index contributed by atoms with van der Waals surface area (Å²) in [4.78, 5) is 15.1. The molecule has 0 N–H and O–H groups in total. The Morgan fingerprint density at radius 2 is 1.88 bits per heavy atom. The highest BCUT2D eigenvalue weighted by atomic mass is 16.5. The zero-order valence-electron chi connectivity index (χ0n) is 10.2. The molecule has 0 aliphatic heterocycles. The summed E-state index contributed by atoms with van der Waals surface area (Å²) in [7, 11) is 1.63. The van der Waals surface area contributed by atoms with Gasteiger partial charge >= 0.3 is 5.97 Å². The molecule has 0 atom stereocenters. The quantitative estimate of drug-likeness (QED) is 0.445. The molecule has 0 fully saturated rings. The van der Waals surface area contributed by atoms with Gasteiger partial charge in [0.2, 0.25) is 0 Å². The Bertz CT molecular complexity index is 399. The predicted molar refractivity (Wildman–Crippen MR) is 65.3 cm³/mol. The van der Waals surface area contributed by atoms with E-state index in [9.17, 15) is 4.79 Å². The van der Waals surface area contributed by atoms with Crippen molar-refractivity contribution in [1.82, 2.24) is 0 Å². The molecule has 1 aromatic carbocycles. The van der Waals surface area contributed by atoms with Gasteiger partial charge in [0.1, 0.15) is 5.75 Å². The van der Waals surface area contributed by atoms with Crippen LogP contribution in [-0.4, -0.2) is 19.2 Å². The van der Waals surface area contributed by atoms with Crippen LogP contribution in [0.4, 0.5) is 0 Å². The van der Waals surface area contributed by atoms with Gasteiger partial charge in [-0.3, -0.25) is 4.79 Å². The minimum absolute atomic E-state index is 0.211. The summed E-state index contributed by atoms with van der Waals surface area (Å²) in [5.41, 5.74) is 3.49. The first kappa shape index (κ1) is 12.4. The van der Waals surface area contributed by atoms with Crippen molar-refractivity contribution in [2.75, 3.05) is 7.05 Å². The van der Waals surface area contributed by atoms with Crippen molar-refractivity contribution < 1.29 is 9.53 Å². The van der Waals surface area contributed by atoms with Crippen LogP contribution in [-0.2, 0) is 4.79 Å². The van der Waals surface area contributed by atoms with Crippen LogP contribution in [0.3, 0.4) is 0 Å². The molecular formula is C13H17NO2. The maximum absolute atomic E-state index is 11.4. The summed E-state index contributed by atoms with van der Waals surface area (Å²) < 4.78 is 5.20. The van der Waals surface area contributed by atoms with Gasteiger partial charge in [-0.1, -0.05) is 0 Å². The molecule has 0 aromatic heterocycles. The van der Waals surface area contributed by atoms with Crippen LogP contribution >= 0.6 is 0 Å². The third kappa shape index (κ3) is 3.19. The predicted octanol–water partition coefficient (Wildman–Crippen LogP) is 2.61. The van der Waals surface area contributed by atoms with E-state index < -0.39 is 0 Å². The summed E-state index contributed by atoms with van der Waals surface area (Å²) >= 11 is 0. The fourth-order valence-electron chi connectivity index (χ4n) is 1.39. The van der Waals surface area contributed by atoms with Crippen LogP contribution in [0.5, 0.6) is 5.75 Å². The summed E-state index contributed by atoms with van der Waals surface area (Å²) in [6, 6.07) is 3.76. The molecule has 1 aromatic rings. The largest absolute Gasteiger partial charge is 0.426 e. The number of carbonyl (C=O) groups excluding carboxylic acids is 1. The number of aliphatic imine (C=N–C) groups is 1. The average Bonchev–Trinajstić information content (AvgIpc) is 2.23. The molecule has 0 radical (unpaired) electrons. The lowest BCUT2D eigenvalue weighted by Crippen LogP contribution is -2.08. The van der Waals surface area contributed by atoms with E-state index in [1.54, 1.807) is 7.05 Å². The Kier molecular flexibility index (Phi) is 4.23. The van der Waals surface area contributed by atoms with E-state index in [0.717, 1.165) is 11.1 Å². The standard InChI is InChI=1S/C13H17NO2/c1-9-7-12(8-10(2)11(9)3)16-13(15)5-6-14-4/h6-8H,5H2,1-4H3. The van der Waals surface area contributed by atoms with Gasteiger partial charge in [-0.15, -0.1) is 0 Å². The van der Waals surface area contributed by atoms with Crippen molar-refractivity contribution in [2.24, 2.45) is 4.99 Å². The Morgan fingerprint density at radius 1 is 1.31 bits per heavy atom. The maximum atomic E-state index is 11.4. The van der Waals surface area contributed by atoms with E-state index in [0.29, 0.717) is 5.75 Å². The van der Waals surface area contributed by atoms with Gasteiger partial charge < -0.3 is 9.73 Å². The molecule has 0 aliphatic carbocycles. The Hall–Kier alpha value is -1.64. The number of benzene rings is 1. The molecular weight excluding hydrogens is 202 g/mol. The maximum Gasteiger partial charge on any atom is 0.316 e. The number of ether oxygens (including phenoxy) is 1. The molecule has 0 bridgehead atoms. The molecule has 0 amide bonds. The number of aryl methyl sites for hydroxylation is 2. The van der Waals surface area contributed by atoms with Crippen LogP contribution < -0.4 is 4.74 Å². The van der Waals surface area contributed by atoms with E-state index in [4.69, 9.17) is 4.74 Å². The highest BCUT2D eigenvalue weighted by Gasteiger charge is 2.06. The van der Waals surface area contributed by atoms with Gasteiger partial charge in [-0.2, -0.15) is 0 Å². The SMILES string of the molecule is CN=CCC(=O)Oc1cc(C)c(C)c(C)c1. The first-order valence-electron chi connectivity index (χ1n) is 5.23. The fraction of sp³-hybridized carbons (Fsp3) is 0.385. The van der Waals surface area contributed by atoms with Crippen molar-refractivity contribution in [2.45, 2.75) is 27.2 Å². The van der Waals surface area contributed by atoms with E-state index in [1.165, 1.54) is 11.8 Å². The first-order valence-corrected chi connectivity index (χ1v) is 5.23. The highest BCUT2D eigenvalue weighted by Crippen LogP contribution is 2.21. The van der Waals surface area contributed by atoms with Crippen LogP contribution in [0.2, 0.25) is 0 Å². The minimum Gasteiger partial charge on any atom is -0.426 e. The lowest BCUT2D eigenvalue weighted by molar-refractivity contribution is -0.132.